The molecule has 2 aromatic carbocycles. The number of hydrogen-bond acceptors (Lipinski definition) is 4. The fourth-order valence-corrected chi connectivity index (χ4v) is 2.72. The molecule has 1 aliphatic heterocycles. The van der Waals surface area contributed by atoms with E-state index in [9.17, 15) is 4.79 Å². The first kappa shape index (κ1) is 18.1. The Morgan fingerprint density at radius 3 is 2.50 bits per heavy atom. The Morgan fingerprint density at radius 1 is 1.08 bits per heavy atom. The molecule has 1 N–H and O–H groups in total. The van der Waals surface area contributed by atoms with Crippen LogP contribution in [0.5, 0.6) is 17.2 Å². The second kappa shape index (κ2) is 7.68. The maximum absolute atomic E-state index is 12.1. The Bertz CT molecular complexity index is 768. The summed E-state index contributed by atoms with van der Waals surface area (Å²) >= 11 is 0. The standard InChI is InChI=1S/C21H25NO4/c1-15-4-7-17(8-5-15)26-13-20(23)22-14-21(2,3)16-6-9-18-19(12-16)25-11-10-24-18/h4-9,12H,10-11,13-14H2,1-3H3,(H,22,23). The minimum absolute atomic E-state index is 0.000278. The number of hydrogen-bond donors (Lipinski definition) is 1. The van der Waals surface area contributed by atoms with E-state index in [4.69, 9.17) is 14.2 Å². The highest BCUT2D eigenvalue weighted by atomic mass is 16.6. The van der Waals surface area contributed by atoms with Gasteiger partial charge < -0.3 is 19.5 Å². The van der Waals surface area contributed by atoms with Crippen LogP contribution in [0, 0.1) is 6.92 Å². The summed E-state index contributed by atoms with van der Waals surface area (Å²) in [5, 5.41) is 2.95. The van der Waals surface area contributed by atoms with Crippen molar-refractivity contribution in [3.63, 3.8) is 0 Å². The number of nitrogens with one attached hydrogen (secondary N) is 1. The van der Waals surface area contributed by atoms with Crippen molar-refractivity contribution in [3.05, 3.63) is 53.6 Å². The van der Waals surface area contributed by atoms with Crippen LogP contribution in [-0.4, -0.2) is 32.3 Å². The Labute approximate surface area is 154 Å². The summed E-state index contributed by atoms with van der Waals surface area (Å²) < 4.78 is 16.7. The first-order valence-corrected chi connectivity index (χ1v) is 8.80. The van der Waals surface area contributed by atoms with E-state index in [-0.39, 0.29) is 17.9 Å². The third-order valence-electron chi connectivity index (χ3n) is 4.44. The number of fused-ring (bicyclic) bond motifs is 1. The van der Waals surface area contributed by atoms with Gasteiger partial charge in [0.25, 0.3) is 5.91 Å². The monoisotopic (exact) mass is 355 g/mol. The fourth-order valence-electron chi connectivity index (χ4n) is 2.72. The number of ether oxygens (including phenoxy) is 3. The normalized spacial score (nSPS) is 13.2. The van der Waals surface area contributed by atoms with E-state index >= 15 is 0 Å². The molecule has 26 heavy (non-hydrogen) atoms. The molecular weight excluding hydrogens is 330 g/mol. The predicted octanol–water partition coefficient (Wildman–Crippen LogP) is 3.24. The lowest BCUT2D eigenvalue weighted by molar-refractivity contribution is -0.123. The molecule has 0 saturated carbocycles. The molecule has 2 aromatic rings. The third kappa shape index (κ3) is 4.48. The van der Waals surface area contributed by atoms with Crippen LogP contribution in [-0.2, 0) is 10.2 Å². The molecule has 1 aliphatic rings. The maximum atomic E-state index is 12.1. The minimum Gasteiger partial charge on any atom is -0.486 e. The Kier molecular flexibility index (Phi) is 5.35. The van der Waals surface area contributed by atoms with Crippen molar-refractivity contribution in [1.82, 2.24) is 5.32 Å². The van der Waals surface area contributed by atoms with Gasteiger partial charge in [0.2, 0.25) is 0 Å². The van der Waals surface area contributed by atoms with E-state index in [1.807, 2.05) is 49.4 Å². The van der Waals surface area contributed by atoms with Crippen LogP contribution in [0.4, 0.5) is 0 Å². The van der Waals surface area contributed by atoms with E-state index in [2.05, 4.69) is 19.2 Å². The van der Waals surface area contributed by atoms with Crippen LogP contribution >= 0.6 is 0 Å². The summed E-state index contributed by atoms with van der Waals surface area (Å²) in [5.41, 5.74) is 2.00. The molecule has 0 saturated heterocycles. The van der Waals surface area contributed by atoms with Gasteiger partial charge in [0.05, 0.1) is 0 Å². The van der Waals surface area contributed by atoms with Gasteiger partial charge in [0.1, 0.15) is 19.0 Å². The lowest BCUT2D eigenvalue weighted by Gasteiger charge is -2.27. The quantitative estimate of drug-likeness (QED) is 0.864. The van der Waals surface area contributed by atoms with Gasteiger partial charge in [0.15, 0.2) is 18.1 Å². The first-order valence-electron chi connectivity index (χ1n) is 8.80. The molecule has 0 unspecified atom stereocenters. The highest BCUT2D eigenvalue weighted by molar-refractivity contribution is 5.77. The van der Waals surface area contributed by atoms with Gasteiger partial charge >= 0.3 is 0 Å². The molecule has 0 bridgehead atoms. The van der Waals surface area contributed by atoms with Crippen LogP contribution in [0.1, 0.15) is 25.0 Å². The van der Waals surface area contributed by atoms with Gasteiger partial charge in [-0.1, -0.05) is 37.6 Å². The fraction of sp³-hybridized carbons (Fsp3) is 0.381. The van der Waals surface area contributed by atoms with Gasteiger partial charge in [0, 0.05) is 12.0 Å². The molecule has 0 fully saturated rings. The topological polar surface area (TPSA) is 56.8 Å². The second-order valence-electron chi connectivity index (χ2n) is 7.12. The van der Waals surface area contributed by atoms with Crippen molar-refractivity contribution in [3.8, 4) is 17.2 Å². The van der Waals surface area contributed by atoms with E-state index in [1.54, 1.807) is 0 Å². The predicted molar refractivity (Wildman–Crippen MR) is 100 cm³/mol. The molecule has 0 atom stereocenters. The zero-order valence-corrected chi connectivity index (χ0v) is 15.5. The van der Waals surface area contributed by atoms with Gasteiger partial charge in [-0.3, -0.25) is 4.79 Å². The van der Waals surface area contributed by atoms with Crippen LogP contribution in [0.15, 0.2) is 42.5 Å². The molecule has 138 valence electrons. The molecule has 0 aromatic heterocycles. The number of carbonyl (C=O) groups is 1. The van der Waals surface area contributed by atoms with Crippen molar-refractivity contribution in [1.29, 1.82) is 0 Å². The summed E-state index contributed by atoms with van der Waals surface area (Å²) in [4.78, 5) is 12.1. The summed E-state index contributed by atoms with van der Waals surface area (Å²) in [6.07, 6.45) is 0. The zero-order valence-electron chi connectivity index (χ0n) is 15.5. The van der Waals surface area contributed by atoms with E-state index < -0.39 is 0 Å². The Balaban J connectivity index is 1.54. The molecule has 5 heteroatoms. The van der Waals surface area contributed by atoms with Crippen molar-refractivity contribution < 1.29 is 19.0 Å². The van der Waals surface area contributed by atoms with Crippen LogP contribution < -0.4 is 19.5 Å². The van der Waals surface area contributed by atoms with Crippen molar-refractivity contribution in [2.24, 2.45) is 0 Å². The van der Waals surface area contributed by atoms with Gasteiger partial charge in [-0.15, -0.1) is 0 Å². The van der Waals surface area contributed by atoms with E-state index in [0.717, 1.165) is 22.6 Å². The SMILES string of the molecule is Cc1ccc(OCC(=O)NCC(C)(C)c2ccc3c(c2)OCCO3)cc1. The van der Waals surface area contributed by atoms with Crippen LogP contribution in [0.25, 0.3) is 0 Å². The number of rotatable bonds is 6. The number of amides is 1. The number of aryl methyl sites for hydroxylation is 1. The number of benzene rings is 2. The molecule has 1 heterocycles. The third-order valence-corrected chi connectivity index (χ3v) is 4.44. The zero-order chi connectivity index (χ0) is 18.6. The Hall–Kier alpha value is -2.69. The summed E-state index contributed by atoms with van der Waals surface area (Å²) in [5.74, 6) is 2.08. The van der Waals surface area contributed by atoms with Gasteiger partial charge in [-0.2, -0.15) is 0 Å². The van der Waals surface area contributed by atoms with Crippen molar-refractivity contribution in [2.45, 2.75) is 26.2 Å². The lowest BCUT2D eigenvalue weighted by atomic mass is 9.84. The maximum Gasteiger partial charge on any atom is 0.257 e. The van der Waals surface area contributed by atoms with Gasteiger partial charge in [-0.25, -0.2) is 0 Å². The minimum atomic E-state index is -0.241. The summed E-state index contributed by atoms with van der Waals surface area (Å²) in [6.45, 7) is 7.81. The largest absolute Gasteiger partial charge is 0.486 e. The smallest absolute Gasteiger partial charge is 0.257 e. The van der Waals surface area contributed by atoms with E-state index in [0.29, 0.717) is 25.5 Å². The molecule has 1 amide bonds. The molecule has 0 aliphatic carbocycles. The number of carbonyl (C=O) groups excluding carboxylic acids is 1. The van der Waals surface area contributed by atoms with Crippen LogP contribution in [0.3, 0.4) is 0 Å². The van der Waals surface area contributed by atoms with Crippen molar-refractivity contribution in [2.75, 3.05) is 26.4 Å². The molecule has 5 nitrogen and oxygen atoms in total. The van der Waals surface area contributed by atoms with Crippen molar-refractivity contribution >= 4 is 5.91 Å². The van der Waals surface area contributed by atoms with Gasteiger partial charge in [-0.05, 0) is 36.8 Å². The average Bonchev–Trinajstić information content (AvgIpc) is 2.65. The molecule has 0 radical (unpaired) electrons. The summed E-state index contributed by atoms with van der Waals surface area (Å²) in [7, 11) is 0. The highest BCUT2D eigenvalue weighted by Crippen LogP contribution is 2.34. The molecule has 0 spiro atoms. The summed E-state index contributed by atoms with van der Waals surface area (Å²) in [6, 6.07) is 13.6. The van der Waals surface area contributed by atoms with Crippen LogP contribution in [0.2, 0.25) is 0 Å². The first-order chi connectivity index (χ1) is 12.4. The highest BCUT2D eigenvalue weighted by Gasteiger charge is 2.24. The second-order valence-corrected chi connectivity index (χ2v) is 7.12. The Morgan fingerprint density at radius 2 is 1.77 bits per heavy atom. The lowest BCUT2D eigenvalue weighted by Crippen LogP contribution is -2.39. The molecular formula is C21H25NO4. The average molecular weight is 355 g/mol. The van der Waals surface area contributed by atoms with E-state index in [1.165, 1.54) is 0 Å². The molecule has 3 rings (SSSR count).